The van der Waals surface area contributed by atoms with Crippen molar-refractivity contribution in [3.05, 3.63) is 52.8 Å². The number of aromatic nitrogens is 1. The molecule has 4 rings (SSSR count). The maximum absolute atomic E-state index is 12.5. The molecule has 0 saturated heterocycles. The van der Waals surface area contributed by atoms with Crippen LogP contribution in [-0.2, 0) is 29.5 Å². The highest BCUT2D eigenvalue weighted by Crippen LogP contribution is 2.38. The van der Waals surface area contributed by atoms with Crippen LogP contribution in [0.25, 0.3) is 0 Å². The fraction of sp³-hybridized carbons (Fsp3) is 0.520. The van der Waals surface area contributed by atoms with E-state index in [0.717, 1.165) is 42.9 Å². The Morgan fingerprint density at radius 1 is 1.03 bits per heavy atom. The fourth-order valence-electron chi connectivity index (χ4n) is 4.85. The van der Waals surface area contributed by atoms with Crippen LogP contribution < -0.4 is 10.2 Å². The predicted octanol–water partition coefficient (Wildman–Crippen LogP) is 5.04. The van der Waals surface area contributed by atoms with E-state index in [1.54, 1.807) is 0 Å². The van der Waals surface area contributed by atoms with E-state index < -0.39 is 0 Å². The van der Waals surface area contributed by atoms with Crippen LogP contribution in [0.2, 0.25) is 0 Å². The van der Waals surface area contributed by atoms with Crippen LogP contribution in [0, 0.1) is 0 Å². The van der Waals surface area contributed by atoms with Crippen LogP contribution in [0.1, 0.15) is 70.0 Å². The quantitative estimate of drug-likeness (QED) is 0.797. The topological polar surface area (TPSA) is 45.2 Å². The van der Waals surface area contributed by atoms with Crippen molar-refractivity contribution in [3.63, 3.8) is 0 Å². The van der Waals surface area contributed by atoms with Crippen molar-refractivity contribution >= 4 is 17.3 Å². The van der Waals surface area contributed by atoms with Crippen LogP contribution in [0.4, 0.5) is 11.4 Å². The van der Waals surface area contributed by atoms with Crippen molar-refractivity contribution in [2.75, 3.05) is 16.8 Å². The van der Waals surface area contributed by atoms with Crippen LogP contribution >= 0.6 is 0 Å². The van der Waals surface area contributed by atoms with Gasteiger partial charge in [-0.3, -0.25) is 9.78 Å². The average Bonchev–Trinajstić information content (AvgIpc) is 2.66. The number of nitrogens with zero attached hydrogens (tertiary/aromatic N) is 2. The van der Waals surface area contributed by atoms with Crippen molar-refractivity contribution in [2.24, 2.45) is 0 Å². The predicted molar refractivity (Wildman–Crippen MR) is 120 cm³/mol. The first-order chi connectivity index (χ1) is 13.7. The monoisotopic (exact) mass is 391 g/mol. The lowest BCUT2D eigenvalue weighted by Crippen LogP contribution is -2.48. The van der Waals surface area contributed by atoms with Gasteiger partial charge >= 0.3 is 0 Å². The minimum atomic E-state index is -0.233. The number of carbonyl (C=O) groups is 1. The fourth-order valence-corrected chi connectivity index (χ4v) is 4.85. The number of carbonyl (C=O) groups excluding carboxylic acids is 1. The Hall–Kier alpha value is -2.36. The van der Waals surface area contributed by atoms with Crippen LogP contribution in [0.5, 0.6) is 0 Å². The number of pyridine rings is 1. The van der Waals surface area contributed by atoms with E-state index in [9.17, 15) is 4.79 Å². The molecule has 0 radical (unpaired) electrons. The molecule has 0 aliphatic carbocycles. The van der Waals surface area contributed by atoms with Crippen LogP contribution in [0.15, 0.2) is 30.3 Å². The van der Waals surface area contributed by atoms with Gasteiger partial charge in [0.25, 0.3) is 0 Å². The lowest BCUT2D eigenvalue weighted by Gasteiger charge is -2.39. The molecule has 1 N–H and O–H groups in total. The van der Waals surface area contributed by atoms with E-state index in [-0.39, 0.29) is 16.9 Å². The molecule has 2 aliphatic heterocycles. The molecule has 154 valence electrons. The summed E-state index contributed by atoms with van der Waals surface area (Å²) in [6.45, 7) is 11.9. The summed E-state index contributed by atoms with van der Waals surface area (Å²) < 4.78 is 0. The lowest BCUT2D eigenvalue weighted by atomic mass is 9.77. The second-order valence-electron chi connectivity index (χ2n) is 10.1. The number of aryl methyl sites for hydroxylation is 2. The summed E-state index contributed by atoms with van der Waals surface area (Å²) in [5, 5.41) is 3.64. The van der Waals surface area contributed by atoms with Gasteiger partial charge in [0, 0.05) is 36.3 Å². The highest BCUT2D eigenvalue weighted by Gasteiger charge is 2.34. The first-order valence-corrected chi connectivity index (χ1v) is 10.8. The van der Waals surface area contributed by atoms with E-state index in [0.29, 0.717) is 6.42 Å². The third-order valence-electron chi connectivity index (χ3n) is 6.17. The summed E-state index contributed by atoms with van der Waals surface area (Å²) in [7, 11) is 0. The third kappa shape index (κ3) is 3.77. The minimum absolute atomic E-state index is 0.0227. The smallest absolute Gasteiger partial charge is 0.227 e. The third-order valence-corrected chi connectivity index (χ3v) is 6.17. The molecular weight excluding hydrogens is 358 g/mol. The number of hydrogen-bond acceptors (Lipinski definition) is 3. The Balaban J connectivity index is 1.65. The zero-order chi connectivity index (χ0) is 20.8. The minimum Gasteiger partial charge on any atom is -0.385 e. The molecule has 0 atom stereocenters. The molecule has 0 bridgehead atoms. The van der Waals surface area contributed by atoms with Gasteiger partial charge in [-0.05, 0) is 68.7 Å². The van der Waals surface area contributed by atoms with E-state index in [4.69, 9.17) is 4.98 Å². The van der Waals surface area contributed by atoms with Crippen molar-refractivity contribution in [1.29, 1.82) is 0 Å². The lowest BCUT2D eigenvalue weighted by molar-refractivity contribution is -0.119. The van der Waals surface area contributed by atoms with Gasteiger partial charge in [-0.1, -0.05) is 32.0 Å². The molecule has 2 aromatic rings. The molecule has 1 aromatic carbocycles. The van der Waals surface area contributed by atoms with Gasteiger partial charge in [0.2, 0.25) is 5.91 Å². The number of fused-ring (bicyclic) bond motifs is 2. The van der Waals surface area contributed by atoms with Crippen molar-refractivity contribution < 1.29 is 4.79 Å². The number of anilines is 2. The summed E-state index contributed by atoms with van der Waals surface area (Å²) in [6, 6.07) is 10.9. The molecule has 3 heterocycles. The first-order valence-electron chi connectivity index (χ1n) is 10.8. The Morgan fingerprint density at radius 3 is 2.59 bits per heavy atom. The molecule has 1 aromatic heterocycles. The van der Waals surface area contributed by atoms with E-state index >= 15 is 0 Å². The molecule has 0 saturated carbocycles. The SMILES string of the molecule is CC(C)(Cc1ccc2c(n1)CCC(=O)N2C(C)(C)C)c1cccc2c1NCCC2. The number of nitrogens with one attached hydrogen (secondary N) is 1. The van der Waals surface area contributed by atoms with Gasteiger partial charge in [-0.2, -0.15) is 0 Å². The van der Waals surface area contributed by atoms with Gasteiger partial charge in [0.05, 0.1) is 11.4 Å². The van der Waals surface area contributed by atoms with Crippen molar-refractivity contribution in [1.82, 2.24) is 4.98 Å². The molecule has 1 amide bonds. The van der Waals surface area contributed by atoms with E-state index in [1.165, 1.54) is 23.2 Å². The summed E-state index contributed by atoms with van der Waals surface area (Å²) in [5.74, 6) is 0.196. The Morgan fingerprint density at radius 2 is 1.83 bits per heavy atom. The summed E-state index contributed by atoms with van der Waals surface area (Å²) in [5.41, 5.74) is 7.01. The van der Waals surface area contributed by atoms with Crippen molar-refractivity contribution in [2.45, 2.75) is 77.7 Å². The van der Waals surface area contributed by atoms with E-state index in [1.807, 2.05) is 4.90 Å². The van der Waals surface area contributed by atoms with Gasteiger partial charge in [0.15, 0.2) is 0 Å². The number of rotatable bonds is 3. The second-order valence-corrected chi connectivity index (χ2v) is 10.1. The molecule has 4 heteroatoms. The number of para-hydroxylation sites is 1. The van der Waals surface area contributed by atoms with Crippen LogP contribution in [-0.4, -0.2) is 23.0 Å². The van der Waals surface area contributed by atoms with Gasteiger partial charge < -0.3 is 10.2 Å². The van der Waals surface area contributed by atoms with Crippen LogP contribution in [0.3, 0.4) is 0 Å². The van der Waals surface area contributed by atoms with Gasteiger partial charge in [-0.15, -0.1) is 0 Å². The highest BCUT2D eigenvalue weighted by molar-refractivity contribution is 5.97. The number of benzene rings is 1. The Bertz CT molecular complexity index is 940. The summed E-state index contributed by atoms with van der Waals surface area (Å²) >= 11 is 0. The normalized spacial score (nSPS) is 16.9. The molecular formula is C25H33N3O. The maximum Gasteiger partial charge on any atom is 0.227 e. The standard InChI is InChI=1S/C25H33N3O/c1-24(2,3)28-21-13-11-18(27-20(21)12-14-22(28)29)16-25(4,5)19-10-6-8-17-9-7-15-26-23(17)19/h6,8,10-11,13,26H,7,9,12,14-16H2,1-5H3. The zero-order valence-electron chi connectivity index (χ0n) is 18.4. The Labute approximate surface area is 174 Å². The highest BCUT2D eigenvalue weighted by atomic mass is 16.2. The van der Waals surface area contributed by atoms with Crippen molar-refractivity contribution in [3.8, 4) is 0 Å². The van der Waals surface area contributed by atoms with Gasteiger partial charge in [-0.25, -0.2) is 0 Å². The average molecular weight is 392 g/mol. The summed E-state index contributed by atoms with van der Waals surface area (Å²) in [4.78, 5) is 19.5. The maximum atomic E-state index is 12.5. The molecule has 2 aliphatic rings. The molecule has 4 nitrogen and oxygen atoms in total. The number of amides is 1. The Kier molecular flexibility index (Phi) is 4.92. The summed E-state index contributed by atoms with van der Waals surface area (Å²) in [6.07, 6.45) is 4.51. The molecule has 29 heavy (non-hydrogen) atoms. The molecule has 0 unspecified atom stereocenters. The van der Waals surface area contributed by atoms with E-state index in [2.05, 4.69) is 70.3 Å². The molecule has 0 fully saturated rings. The second kappa shape index (κ2) is 7.16. The number of hydrogen-bond donors (Lipinski definition) is 1. The van der Waals surface area contributed by atoms with Gasteiger partial charge in [0.1, 0.15) is 0 Å². The molecule has 0 spiro atoms. The largest absolute Gasteiger partial charge is 0.385 e. The zero-order valence-corrected chi connectivity index (χ0v) is 18.4. The first kappa shape index (κ1) is 19.9.